The van der Waals surface area contributed by atoms with E-state index in [1.54, 1.807) is 24.3 Å². The molecule has 10 rings (SSSR count). The number of phenolic OH excluding ortho intramolecular Hbond substituents is 2. The van der Waals surface area contributed by atoms with Gasteiger partial charge in [0.1, 0.15) is 98.9 Å². The Balaban J connectivity index is 0.000000244. The van der Waals surface area contributed by atoms with Gasteiger partial charge in [0.05, 0.1) is 39.6 Å². The molecule has 1 saturated heterocycles. The maximum absolute atomic E-state index is 11.9. The van der Waals surface area contributed by atoms with Crippen molar-refractivity contribution in [1.29, 1.82) is 0 Å². The van der Waals surface area contributed by atoms with Gasteiger partial charge in [-0.05, 0) is 167 Å². The molecule has 20 nitrogen and oxygen atoms in total. The smallest absolute Gasteiger partial charge is 0.338 e. The topological polar surface area (TPSA) is 285 Å². The molecule has 0 aliphatic carbocycles. The van der Waals surface area contributed by atoms with Crippen LogP contribution in [-0.4, -0.2) is 147 Å². The molecule has 8 aromatic rings. The van der Waals surface area contributed by atoms with Gasteiger partial charge in [-0.15, -0.1) is 0 Å². The van der Waals surface area contributed by atoms with E-state index in [1.165, 1.54) is 11.1 Å². The predicted octanol–water partition coefficient (Wildman–Crippen LogP) is 9.06. The fourth-order valence-electron chi connectivity index (χ4n) is 8.18. The van der Waals surface area contributed by atoms with Crippen LogP contribution in [-0.2, 0) is 63.8 Å². The van der Waals surface area contributed by atoms with E-state index in [2.05, 4.69) is 9.47 Å². The summed E-state index contributed by atoms with van der Waals surface area (Å²) < 4.78 is 51.3. The van der Waals surface area contributed by atoms with Crippen LogP contribution in [0.25, 0.3) is 0 Å². The molecule has 0 bridgehead atoms. The third kappa shape index (κ3) is 31.0. The Morgan fingerprint density at radius 1 is 0.319 bits per heavy atom. The zero-order valence-electron chi connectivity index (χ0n) is 51.9. The van der Waals surface area contributed by atoms with Gasteiger partial charge < -0.3 is 78.0 Å². The highest BCUT2D eigenvalue weighted by Crippen LogP contribution is 2.22. The van der Waals surface area contributed by atoms with Crippen molar-refractivity contribution in [2.24, 2.45) is 0 Å². The minimum atomic E-state index is -0.680. The Morgan fingerprint density at radius 3 is 0.702 bits per heavy atom. The number of epoxide rings is 1. The first-order valence-corrected chi connectivity index (χ1v) is 30.2. The molecule has 0 aromatic heterocycles. The van der Waals surface area contributed by atoms with Crippen LogP contribution in [0.2, 0.25) is 0 Å². The number of esters is 4. The van der Waals surface area contributed by atoms with Gasteiger partial charge in [-0.1, -0.05) is 97.1 Å². The lowest BCUT2D eigenvalue weighted by Gasteiger charge is -2.09. The number of hydrogen-bond acceptors (Lipinski definition) is 20. The number of benzene rings is 8. The number of aliphatic hydroxyl groups is 4. The largest absolute Gasteiger partial charge is 0.508 e. The average molecular weight is 1290 g/mol. The summed E-state index contributed by atoms with van der Waals surface area (Å²) in [5.74, 6) is 2.30. The lowest BCUT2D eigenvalue weighted by atomic mass is 10.0. The highest BCUT2D eigenvalue weighted by molar-refractivity contribution is 6.05. The van der Waals surface area contributed by atoms with Crippen molar-refractivity contribution in [1.82, 2.24) is 0 Å². The number of aromatic hydroxyl groups is 2. The van der Waals surface area contributed by atoms with E-state index in [0.29, 0.717) is 24.7 Å². The lowest BCUT2D eigenvalue weighted by molar-refractivity contribution is -0.150. The molecule has 2 heterocycles. The van der Waals surface area contributed by atoms with E-state index >= 15 is 0 Å². The maximum Gasteiger partial charge on any atom is 0.338 e. The second-order valence-corrected chi connectivity index (χ2v) is 20.2. The summed E-state index contributed by atoms with van der Waals surface area (Å²) in [6.45, 7) is 3.51. The molecule has 6 N–H and O–H groups in total. The Kier molecular flexibility index (Phi) is 32.9. The molecule has 0 radical (unpaired) electrons. The van der Waals surface area contributed by atoms with E-state index in [9.17, 15) is 19.2 Å². The molecule has 0 saturated carbocycles. The summed E-state index contributed by atoms with van der Waals surface area (Å²) >= 11 is 0. The van der Waals surface area contributed by atoms with Gasteiger partial charge in [0, 0.05) is 24.3 Å². The Bertz CT molecular complexity index is 3270. The van der Waals surface area contributed by atoms with Crippen molar-refractivity contribution in [2.75, 3.05) is 92.5 Å². The molecule has 0 atom stereocenters. The number of ether oxygens (including phenoxy) is 10. The van der Waals surface area contributed by atoms with Crippen molar-refractivity contribution >= 4 is 23.9 Å². The number of aliphatic hydroxyl groups excluding tert-OH is 4. The van der Waals surface area contributed by atoms with Crippen molar-refractivity contribution in [3.05, 3.63) is 263 Å². The molecule has 0 amide bonds. The van der Waals surface area contributed by atoms with Gasteiger partial charge in [0.25, 0.3) is 0 Å². The first-order chi connectivity index (χ1) is 45.8. The minimum absolute atomic E-state index is 0.0178. The van der Waals surface area contributed by atoms with Gasteiger partial charge in [-0.3, -0.25) is 0 Å². The zero-order valence-corrected chi connectivity index (χ0v) is 51.9. The lowest BCUT2D eigenvalue weighted by Crippen LogP contribution is -2.12. The van der Waals surface area contributed by atoms with E-state index in [-0.39, 0.29) is 77.6 Å². The van der Waals surface area contributed by atoms with Crippen LogP contribution >= 0.6 is 0 Å². The number of carbonyl (C=O) groups is 4. The van der Waals surface area contributed by atoms with E-state index < -0.39 is 23.9 Å². The number of carbonyl (C=O) groups excluding carboxylic acids is 4. The second-order valence-electron chi connectivity index (χ2n) is 20.2. The monoisotopic (exact) mass is 1290 g/mol. The van der Waals surface area contributed by atoms with Gasteiger partial charge in [0.2, 0.25) is 0 Å². The molecule has 1 fully saturated rings. The Hall–Kier alpha value is -10.5. The average Bonchev–Trinajstić information content (AvgIpc) is 1.96. The third-order valence-corrected chi connectivity index (χ3v) is 12.8. The number of cyclic esters (lactones) is 2. The van der Waals surface area contributed by atoms with Crippen LogP contribution in [0.15, 0.2) is 218 Å². The molecular weight excluding hydrogens is 1210 g/mol. The summed E-state index contributed by atoms with van der Waals surface area (Å²) in [5, 5.41) is 53.4. The molecule has 2 aliphatic rings. The molecule has 20 heteroatoms. The van der Waals surface area contributed by atoms with Gasteiger partial charge in [-0.25, -0.2) is 19.2 Å². The van der Waals surface area contributed by atoms with Gasteiger partial charge in [-0.2, -0.15) is 0 Å². The predicted molar refractivity (Wildman–Crippen MR) is 350 cm³/mol. The normalized spacial score (nSPS) is 11.5. The molecule has 94 heavy (non-hydrogen) atoms. The number of hydrogen-bond donors (Lipinski definition) is 6. The third-order valence-electron chi connectivity index (χ3n) is 12.8. The maximum atomic E-state index is 11.9. The standard InChI is InChI=1S/C38H40O10.C17H20O4.C13H12O2.C4H2O3.C2H4O/c39-19-21-43-33-9-1-29(2-10-33)27-31-5-13-35(14-6-31)45-23-25-47-37(41)17-18-38(42)48-26-24-46-36-15-7-32(8-16-36)28-30-3-11-34(12-4-30)44-22-20-40;18-9-11-20-16-5-1-14(2-6-16)13-15-3-7-17(8-4-15)21-12-10-19;14-12-5-1-10(2-6-12)9-11-3-7-13(15)8-4-11;5-3-1-2-4(6)7-3;1-2-3-1/h1-18,39-40H,19-28H2;1-8,18-19H,9-13H2;1-8,14-15H,9H2;1-2H;1-2H2/b18-17-;;;;. The summed E-state index contributed by atoms with van der Waals surface area (Å²) in [6, 6.07) is 60.7. The van der Waals surface area contributed by atoms with Crippen LogP contribution in [0, 0.1) is 0 Å². The molecule has 494 valence electrons. The Labute approximate surface area is 545 Å². The van der Waals surface area contributed by atoms with Crippen LogP contribution < -0.4 is 28.4 Å². The van der Waals surface area contributed by atoms with Crippen LogP contribution in [0.4, 0.5) is 0 Å². The quantitative estimate of drug-likeness (QED) is 0.00611. The van der Waals surface area contributed by atoms with Crippen LogP contribution in [0.5, 0.6) is 46.0 Å². The minimum Gasteiger partial charge on any atom is -0.508 e. The summed E-state index contributed by atoms with van der Waals surface area (Å²) in [7, 11) is 0. The fraction of sp³-hybridized carbons (Fsp3) is 0.243. The van der Waals surface area contributed by atoms with Crippen LogP contribution in [0.3, 0.4) is 0 Å². The van der Waals surface area contributed by atoms with Crippen molar-refractivity contribution in [2.45, 2.75) is 25.7 Å². The van der Waals surface area contributed by atoms with E-state index in [4.69, 9.17) is 68.5 Å². The molecule has 8 aromatic carbocycles. The SMILES string of the molecule is C1CO1.O=C(/C=C\C(=O)OCCOc1ccc(Cc2ccc(OCCO)cc2)cc1)OCCOc1ccc(Cc2ccc(OCCO)cc2)cc1.O=C1C=CC(=O)O1.OCCOc1ccc(Cc2ccc(OCCO)cc2)cc1.Oc1ccc(Cc2ccc(O)cc2)cc1. The first-order valence-electron chi connectivity index (χ1n) is 30.2. The van der Waals surface area contributed by atoms with Crippen molar-refractivity contribution in [3.8, 4) is 46.0 Å². The molecular formula is C74H78O20. The highest BCUT2D eigenvalue weighted by Gasteiger charge is 2.11. The molecule has 2 aliphatic heterocycles. The summed E-state index contributed by atoms with van der Waals surface area (Å²) in [6.07, 6.45) is 7.33. The van der Waals surface area contributed by atoms with Gasteiger partial charge in [0.15, 0.2) is 0 Å². The molecule has 0 spiro atoms. The number of rotatable bonds is 30. The van der Waals surface area contributed by atoms with E-state index in [1.807, 2.05) is 170 Å². The van der Waals surface area contributed by atoms with Crippen molar-refractivity contribution < 1.29 is 97.2 Å². The number of phenols is 2. The second kappa shape index (κ2) is 42.6. The fourth-order valence-corrected chi connectivity index (χ4v) is 8.18. The highest BCUT2D eigenvalue weighted by atomic mass is 16.6. The first kappa shape index (κ1) is 72.6. The van der Waals surface area contributed by atoms with Crippen molar-refractivity contribution in [3.63, 3.8) is 0 Å². The Morgan fingerprint density at radius 2 is 0.521 bits per heavy atom. The summed E-state index contributed by atoms with van der Waals surface area (Å²) in [4.78, 5) is 43.7. The van der Waals surface area contributed by atoms with Gasteiger partial charge >= 0.3 is 23.9 Å². The molecule has 0 unspecified atom stereocenters. The van der Waals surface area contributed by atoms with E-state index in [0.717, 1.165) is 120 Å². The zero-order chi connectivity index (χ0) is 66.8. The van der Waals surface area contributed by atoms with Crippen LogP contribution in [0.1, 0.15) is 44.5 Å². The summed E-state index contributed by atoms with van der Waals surface area (Å²) in [5.41, 5.74) is 9.12.